The SMILES string of the molecule is Br.Br.CCCc1cc(CCNCCCCCCNCCc2ccccc2)cc(O)c1O. The maximum atomic E-state index is 9.90. The zero-order valence-corrected chi connectivity index (χ0v) is 22.2. The summed E-state index contributed by atoms with van der Waals surface area (Å²) >= 11 is 0. The molecule has 0 aromatic heterocycles. The fraction of sp³-hybridized carbons (Fsp3) is 0.520. The number of hydrogen-bond acceptors (Lipinski definition) is 4. The minimum absolute atomic E-state index is 0. The predicted octanol–water partition coefficient (Wildman–Crippen LogP) is 5.73. The monoisotopic (exact) mass is 558 g/mol. The third kappa shape index (κ3) is 12.5. The molecule has 31 heavy (non-hydrogen) atoms. The molecular weight excluding hydrogens is 520 g/mol. The van der Waals surface area contributed by atoms with Crippen molar-refractivity contribution in [1.29, 1.82) is 0 Å². The van der Waals surface area contributed by atoms with Crippen molar-refractivity contribution in [3.05, 3.63) is 59.2 Å². The van der Waals surface area contributed by atoms with Gasteiger partial charge < -0.3 is 20.8 Å². The Morgan fingerprint density at radius 2 is 1.26 bits per heavy atom. The second-order valence-electron chi connectivity index (χ2n) is 7.77. The lowest BCUT2D eigenvalue weighted by molar-refractivity contribution is 0.398. The molecule has 2 aromatic carbocycles. The highest BCUT2D eigenvalue weighted by Crippen LogP contribution is 2.31. The van der Waals surface area contributed by atoms with Gasteiger partial charge in [-0.2, -0.15) is 0 Å². The first kappa shape index (κ1) is 29.9. The van der Waals surface area contributed by atoms with Crippen LogP contribution in [0.3, 0.4) is 0 Å². The van der Waals surface area contributed by atoms with Crippen LogP contribution in [0.15, 0.2) is 42.5 Å². The highest BCUT2D eigenvalue weighted by Gasteiger charge is 2.08. The molecule has 0 heterocycles. The van der Waals surface area contributed by atoms with Crippen LogP contribution in [0, 0.1) is 0 Å². The van der Waals surface area contributed by atoms with Crippen LogP contribution < -0.4 is 10.6 Å². The molecule has 0 amide bonds. The van der Waals surface area contributed by atoms with Crippen LogP contribution in [-0.2, 0) is 19.3 Å². The lowest BCUT2D eigenvalue weighted by Crippen LogP contribution is -2.19. The number of phenols is 2. The Labute approximate surface area is 209 Å². The summed E-state index contributed by atoms with van der Waals surface area (Å²) in [5, 5.41) is 26.8. The van der Waals surface area contributed by atoms with Crippen molar-refractivity contribution >= 4 is 34.0 Å². The minimum atomic E-state index is 0. The summed E-state index contributed by atoms with van der Waals surface area (Å²) in [5.41, 5.74) is 3.33. The van der Waals surface area contributed by atoms with Crippen LogP contribution in [0.5, 0.6) is 11.5 Å². The molecule has 4 nitrogen and oxygen atoms in total. The van der Waals surface area contributed by atoms with Gasteiger partial charge in [0.25, 0.3) is 0 Å². The van der Waals surface area contributed by atoms with Gasteiger partial charge in [-0.25, -0.2) is 0 Å². The number of aryl methyl sites for hydroxylation is 1. The molecule has 0 fully saturated rings. The van der Waals surface area contributed by atoms with Crippen molar-refractivity contribution in [2.45, 2.75) is 58.3 Å². The van der Waals surface area contributed by atoms with Crippen LogP contribution in [0.4, 0.5) is 0 Å². The van der Waals surface area contributed by atoms with E-state index >= 15 is 0 Å². The number of nitrogens with one attached hydrogen (secondary N) is 2. The van der Waals surface area contributed by atoms with E-state index in [2.05, 4.69) is 47.9 Å². The quantitative estimate of drug-likeness (QED) is 0.166. The molecule has 6 heteroatoms. The second-order valence-corrected chi connectivity index (χ2v) is 7.77. The number of benzene rings is 2. The van der Waals surface area contributed by atoms with Crippen molar-refractivity contribution in [2.75, 3.05) is 26.2 Å². The summed E-state index contributed by atoms with van der Waals surface area (Å²) in [4.78, 5) is 0. The largest absolute Gasteiger partial charge is 0.504 e. The minimum Gasteiger partial charge on any atom is -0.504 e. The topological polar surface area (TPSA) is 64.5 Å². The Bertz CT molecular complexity index is 699. The number of aromatic hydroxyl groups is 2. The number of unbranched alkanes of at least 4 members (excludes halogenated alkanes) is 3. The first-order valence-corrected chi connectivity index (χ1v) is 11.2. The van der Waals surface area contributed by atoms with E-state index in [4.69, 9.17) is 0 Å². The smallest absolute Gasteiger partial charge is 0.160 e. The Morgan fingerprint density at radius 1 is 0.677 bits per heavy atom. The molecule has 2 rings (SSSR count). The van der Waals surface area contributed by atoms with Gasteiger partial charge in [-0.3, -0.25) is 0 Å². The van der Waals surface area contributed by atoms with E-state index in [1.807, 2.05) is 6.07 Å². The Hall–Kier alpha value is -1.08. The number of phenolic OH excluding ortho intramolecular Hbond substituents is 2. The van der Waals surface area contributed by atoms with E-state index < -0.39 is 0 Å². The van der Waals surface area contributed by atoms with E-state index in [1.165, 1.54) is 31.2 Å². The zero-order chi connectivity index (χ0) is 20.7. The summed E-state index contributed by atoms with van der Waals surface area (Å²) in [6.45, 7) is 6.17. The summed E-state index contributed by atoms with van der Waals surface area (Å²) in [6, 6.07) is 14.3. The standard InChI is InChI=1S/C25H38N2O2.2BrH/c1-2-10-23-19-22(20-24(28)25(23)29)14-18-27-16-9-4-3-8-15-26-17-13-21-11-6-5-7-12-21;;/h5-7,11-12,19-20,26-29H,2-4,8-10,13-18H2,1H3;2*1H. The van der Waals surface area contributed by atoms with Gasteiger partial charge in [0.05, 0.1) is 0 Å². The van der Waals surface area contributed by atoms with Crippen LogP contribution in [0.2, 0.25) is 0 Å². The maximum Gasteiger partial charge on any atom is 0.160 e. The summed E-state index contributed by atoms with van der Waals surface area (Å²) < 4.78 is 0. The third-order valence-electron chi connectivity index (χ3n) is 5.23. The van der Waals surface area contributed by atoms with E-state index in [-0.39, 0.29) is 45.5 Å². The molecule has 0 unspecified atom stereocenters. The van der Waals surface area contributed by atoms with Gasteiger partial charge in [0.15, 0.2) is 11.5 Å². The van der Waals surface area contributed by atoms with E-state index in [0.29, 0.717) is 0 Å². The molecule has 0 aliphatic rings. The molecule has 0 bridgehead atoms. The van der Waals surface area contributed by atoms with Crippen LogP contribution in [-0.4, -0.2) is 36.4 Å². The molecule has 0 atom stereocenters. The molecule has 2 aromatic rings. The van der Waals surface area contributed by atoms with Crippen LogP contribution in [0.25, 0.3) is 0 Å². The van der Waals surface area contributed by atoms with Gasteiger partial charge in [-0.05, 0) is 81.0 Å². The molecule has 4 N–H and O–H groups in total. The van der Waals surface area contributed by atoms with Crippen molar-refractivity contribution in [1.82, 2.24) is 10.6 Å². The molecule has 176 valence electrons. The highest BCUT2D eigenvalue weighted by molar-refractivity contribution is 8.93. The molecule has 0 saturated carbocycles. The Morgan fingerprint density at radius 3 is 1.84 bits per heavy atom. The predicted molar refractivity (Wildman–Crippen MR) is 142 cm³/mol. The lowest BCUT2D eigenvalue weighted by atomic mass is 10.0. The van der Waals surface area contributed by atoms with Gasteiger partial charge in [0.2, 0.25) is 0 Å². The van der Waals surface area contributed by atoms with Crippen molar-refractivity contribution in [3.8, 4) is 11.5 Å². The average Bonchev–Trinajstić information content (AvgIpc) is 2.73. The number of hydrogen-bond donors (Lipinski definition) is 4. The van der Waals surface area contributed by atoms with Gasteiger partial charge in [-0.1, -0.05) is 62.6 Å². The van der Waals surface area contributed by atoms with Crippen LogP contribution in [0.1, 0.15) is 55.7 Å². The van der Waals surface area contributed by atoms with E-state index in [1.54, 1.807) is 6.07 Å². The van der Waals surface area contributed by atoms with E-state index in [9.17, 15) is 10.2 Å². The first-order chi connectivity index (χ1) is 14.2. The van der Waals surface area contributed by atoms with Crippen molar-refractivity contribution < 1.29 is 10.2 Å². The van der Waals surface area contributed by atoms with Crippen molar-refractivity contribution in [3.63, 3.8) is 0 Å². The average molecular weight is 560 g/mol. The summed E-state index contributed by atoms with van der Waals surface area (Å²) in [5.74, 6) is 0.0430. The number of halogens is 2. The van der Waals surface area contributed by atoms with Gasteiger partial charge in [0.1, 0.15) is 0 Å². The molecule has 0 aliphatic carbocycles. The van der Waals surface area contributed by atoms with Gasteiger partial charge in [0, 0.05) is 0 Å². The van der Waals surface area contributed by atoms with Crippen molar-refractivity contribution in [2.24, 2.45) is 0 Å². The molecule has 0 spiro atoms. The molecular formula is C25H40Br2N2O2. The van der Waals surface area contributed by atoms with E-state index in [0.717, 1.165) is 63.0 Å². The highest BCUT2D eigenvalue weighted by atomic mass is 79.9. The van der Waals surface area contributed by atoms with Crippen LogP contribution >= 0.6 is 34.0 Å². The second kappa shape index (κ2) is 18.5. The zero-order valence-electron chi connectivity index (χ0n) is 18.7. The Kier molecular flexibility index (Phi) is 17.8. The molecule has 0 radical (unpaired) electrons. The van der Waals surface area contributed by atoms with Gasteiger partial charge in [-0.15, -0.1) is 34.0 Å². The van der Waals surface area contributed by atoms with Gasteiger partial charge >= 0.3 is 0 Å². The first-order valence-electron chi connectivity index (χ1n) is 11.2. The fourth-order valence-electron chi connectivity index (χ4n) is 3.56. The summed E-state index contributed by atoms with van der Waals surface area (Å²) in [6.07, 6.45) is 8.69. The normalized spacial score (nSPS) is 10.4. The summed E-state index contributed by atoms with van der Waals surface area (Å²) in [7, 11) is 0. The third-order valence-corrected chi connectivity index (χ3v) is 5.23. The fourth-order valence-corrected chi connectivity index (χ4v) is 3.56. The lowest BCUT2D eigenvalue weighted by Gasteiger charge is -2.10. The molecule has 0 aliphatic heterocycles. The maximum absolute atomic E-state index is 9.90. The molecule has 0 saturated heterocycles. The Balaban J connectivity index is 0.00000450. The number of rotatable bonds is 15.